The molecule has 9 heteroatoms. The average Bonchev–Trinajstić information content (AvgIpc) is 2.43. The molecule has 1 rings (SSSR count). The third kappa shape index (κ3) is 3.63. The lowest BCUT2D eigenvalue weighted by Gasteiger charge is -2.06. The molecule has 102 valence electrons. The van der Waals surface area contributed by atoms with Gasteiger partial charge in [0.15, 0.2) is 5.82 Å². The van der Waals surface area contributed by atoms with Crippen molar-refractivity contribution in [3.8, 4) is 5.88 Å². The highest BCUT2D eigenvalue weighted by Gasteiger charge is 2.20. The normalized spacial score (nSPS) is 10.6. The van der Waals surface area contributed by atoms with Gasteiger partial charge < -0.3 is 19.6 Å². The molecule has 1 N–H and O–H groups in total. The van der Waals surface area contributed by atoms with Crippen molar-refractivity contribution in [2.45, 2.75) is 0 Å². The van der Waals surface area contributed by atoms with E-state index in [1.54, 1.807) is 0 Å². The lowest BCUT2D eigenvalue weighted by Crippen LogP contribution is -2.21. The van der Waals surface area contributed by atoms with Crippen LogP contribution in [0.25, 0.3) is 0 Å². The van der Waals surface area contributed by atoms with Crippen LogP contribution in [0, 0.1) is 0 Å². The Morgan fingerprint density at radius 2 is 2.11 bits per heavy atom. The van der Waals surface area contributed by atoms with Crippen molar-refractivity contribution >= 4 is 23.9 Å². The van der Waals surface area contributed by atoms with Crippen molar-refractivity contribution in [2.24, 2.45) is 5.16 Å². The van der Waals surface area contributed by atoms with Gasteiger partial charge in [0.2, 0.25) is 18.0 Å². The highest BCUT2D eigenvalue weighted by Crippen LogP contribution is 2.13. The fourth-order valence-electron chi connectivity index (χ4n) is 1.13. The number of oxime groups is 1. The number of nitrogens with zero attached hydrogens (tertiary/aromatic N) is 3. The van der Waals surface area contributed by atoms with Crippen LogP contribution in [0.3, 0.4) is 0 Å². The van der Waals surface area contributed by atoms with Gasteiger partial charge in [-0.25, -0.2) is 9.78 Å². The van der Waals surface area contributed by atoms with Crippen LogP contribution in [-0.2, 0) is 19.2 Å². The van der Waals surface area contributed by atoms with Crippen LogP contribution < -0.4 is 10.1 Å². The summed E-state index contributed by atoms with van der Waals surface area (Å²) in [6, 6.07) is 1.37. The van der Waals surface area contributed by atoms with Crippen LogP contribution in [0.2, 0.25) is 0 Å². The Kier molecular flexibility index (Phi) is 5.20. The zero-order valence-electron chi connectivity index (χ0n) is 10.5. The Labute approximate surface area is 108 Å². The molecule has 19 heavy (non-hydrogen) atoms. The number of hydrogen-bond acceptors (Lipinski definition) is 8. The van der Waals surface area contributed by atoms with Gasteiger partial charge in [-0.1, -0.05) is 5.16 Å². The molecule has 1 heterocycles. The molecule has 0 unspecified atom stereocenters. The van der Waals surface area contributed by atoms with E-state index in [-0.39, 0.29) is 23.2 Å². The topological polar surface area (TPSA) is 112 Å². The molecule has 0 aromatic carbocycles. The Hall–Kier alpha value is -2.71. The van der Waals surface area contributed by atoms with Crippen molar-refractivity contribution in [1.29, 1.82) is 0 Å². The van der Waals surface area contributed by atoms with Crippen molar-refractivity contribution in [2.75, 3.05) is 26.6 Å². The third-order valence-electron chi connectivity index (χ3n) is 1.89. The Balaban J connectivity index is 3.29. The lowest BCUT2D eigenvalue weighted by molar-refractivity contribution is -0.132. The number of nitrogens with one attached hydrogen (secondary N) is 1. The van der Waals surface area contributed by atoms with E-state index >= 15 is 0 Å². The molecule has 0 saturated heterocycles. The van der Waals surface area contributed by atoms with Gasteiger partial charge in [0.05, 0.1) is 14.2 Å². The first-order valence-electron chi connectivity index (χ1n) is 4.99. The Morgan fingerprint density at radius 1 is 1.37 bits per heavy atom. The second-order valence-electron chi connectivity index (χ2n) is 3.00. The number of rotatable bonds is 6. The van der Waals surface area contributed by atoms with Gasteiger partial charge in [-0.15, -0.1) is 0 Å². The zero-order chi connectivity index (χ0) is 14.3. The summed E-state index contributed by atoms with van der Waals surface area (Å²) in [6.07, 6.45) is 0.427. The number of ether oxygens (including phenoxy) is 2. The predicted octanol–water partition coefficient (Wildman–Crippen LogP) is -0.423. The summed E-state index contributed by atoms with van der Waals surface area (Å²) in [6.45, 7) is 0. The Bertz CT molecular complexity index is 503. The van der Waals surface area contributed by atoms with E-state index < -0.39 is 5.97 Å². The molecule has 9 nitrogen and oxygen atoms in total. The molecule has 0 bridgehead atoms. The summed E-state index contributed by atoms with van der Waals surface area (Å²) in [5.41, 5.74) is -0.252. The minimum atomic E-state index is -0.785. The molecule has 0 aliphatic rings. The first-order valence-corrected chi connectivity index (χ1v) is 4.99. The predicted molar refractivity (Wildman–Crippen MR) is 63.8 cm³/mol. The number of hydrogen-bond donors (Lipinski definition) is 1. The average molecular weight is 268 g/mol. The quantitative estimate of drug-likeness (QED) is 0.322. The summed E-state index contributed by atoms with van der Waals surface area (Å²) in [7, 11) is 3.81. The van der Waals surface area contributed by atoms with Crippen molar-refractivity contribution in [3.05, 3.63) is 11.9 Å². The van der Waals surface area contributed by atoms with Gasteiger partial charge in [0.1, 0.15) is 12.9 Å². The molecule has 0 spiro atoms. The number of methoxy groups -OCH3 is 2. The maximum Gasteiger partial charge on any atom is 0.364 e. The van der Waals surface area contributed by atoms with E-state index in [1.165, 1.54) is 27.4 Å². The van der Waals surface area contributed by atoms with Crippen molar-refractivity contribution < 1.29 is 23.9 Å². The summed E-state index contributed by atoms with van der Waals surface area (Å²) >= 11 is 0. The molecule has 0 aliphatic heterocycles. The minimum Gasteiger partial charge on any atom is -0.481 e. The SMILES string of the molecule is CO/N=C(\C(=O)OC)c1nc(NC=O)cc(OC)n1. The van der Waals surface area contributed by atoms with E-state index in [4.69, 9.17) is 4.74 Å². The second-order valence-corrected chi connectivity index (χ2v) is 3.00. The fourth-order valence-corrected chi connectivity index (χ4v) is 1.13. The van der Waals surface area contributed by atoms with Gasteiger partial charge in [0, 0.05) is 6.07 Å². The highest BCUT2D eigenvalue weighted by molar-refractivity contribution is 6.42. The first kappa shape index (κ1) is 14.4. The Morgan fingerprint density at radius 3 is 2.63 bits per heavy atom. The maximum absolute atomic E-state index is 11.5. The number of anilines is 1. The van der Waals surface area contributed by atoms with Crippen LogP contribution in [0.1, 0.15) is 5.82 Å². The van der Waals surface area contributed by atoms with Gasteiger partial charge in [-0.05, 0) is 0 Å². The largest absolute Gasteiger partial charge is 0.481 e. The molecular weight excluding hydrogens is 256 g/mol. The van der Waals surface area contributed by atoms with Gasteiger partial charge >= 0.3 is 5.97 Å². The van der Waals surface area contributed by atoms with Crippen molar-refractivity contribution in [1.82, 2.24) is 9.97 Å². The standard InChI is InChI=1S/C10H12N4O5/c1-17-7-4-6(11-5-15)12-9(13-7)8(14-19-3)10(16)18-2/h4-5H,1-3H3,(H,11,12,13,15)/b14-8-. The number of esters is 1. The summed E-state index contributed by atoms with van der Waals surface area (Å²) < 4.78 is 9.46. The molecule has 0 saturated carbocycles. The van der Waals surface area contributed by atoms with Gasteiger partial charge in [-0.3, -0.25) is 4.79 Å². The highest BCUT2D eigenvalue weighted by atomic mass is 16.6. The van der Waals surface area contributed by atoms with E-state index in [0.717, 1.165) is 0 Å². The fraction of sp³-hybridized carbons (Fsp3) is 0.300. The van der Waals surface area contributed by atoms with Crippen LogP contribution in [-0.4, -0.2) is 49.4 Å². The number of amides is 1. The van der Waals surface area contributed by atoms with E-state index in [1.807, 2.05) is 0 Å². The van der Waals surface area contributed by atoms with Crippen molar-refractivity contribution in [3.63, 3.8) is 0 Å². The molecular formula is C10H12N4O5. The second kappa shape index (κ2) is 6.89. The number of carbonyl (C=O) groups is 2. The molecule has 1 aromatic rings. The molecule has 1 amide bonds. The minimum absolute atomic E-state index is 0.0996. The molecule has 1 aromatic heterocycles. The molecule has 0 fully saturated rings. The third-order valence-corrected chi connectivity index (χ3v) is 1.89. The van der Waals surface area contributed by atoms with Crippen LogP contribution in [0.4, 0.5) is 5.82 Å². The summed E-state index contributed by atoms with van der Waals surface area (Å²) in [5.74, 6) is -0.601. The van der Waals surface area contributed by atoms with E-state index in [9.17, 15) is 9.59 Å². The van der Waals surface area contributed by atoms with E-state index in [0.29, 0.717) is 6.41 Å². The summed E-state index contributed by atoms with van der Waals surface area (Å²) in [4.78, 5) is 34.3. The van der Waals surface area contributed by atoms with Gasteiger partial charge in [-0.2, -0.15) is 4.98 Å². The molecule has 0 atom stereocenters. The zero-order valence-corrected chi connectivity index (χ0v) is 10.5. The molecule has 0 radical (unpaired) electrons. The smallest absolute Gasteiger partial charge is 0.364 e. The maximum atomic E-state index is 11.5. The van der Waals surface area contributed by atoms with Crippen LogP contribution >= 0.6 is 0 Å². The van der Waals surface area contributed by atoms with Gasteiger partial charge in [0.25, 0.3) is 0 Å². The van der Waals surface area contributed by atoms with Crippen LogP contribution in [0.5, 0.6) is 5.88 Å². The van der Waals surface area contributed by atoms with E-state index in [2.05, 4.69) is 30.0 Å². The number of aromatic nitrogens is 2. The molecule has 0 aliphatic carbocycles. The summed E-state index contributed by atoms with van der Waals surface area (Å²) in [5, 5.41) is 5.80. The monoisotopic (exact) mass is 268 g/mol. The lowest BCUT2D eigenvalue weighted by atomic mass is 10.3. The number of carbonyl (C=O) groups excluding carboxylic acids is 2. The van der Waals surface area contributed by atoms with Crippen LogP contribution in [0.15, 0.2) is 11.2 Å². The first-order chi connectivity index (χ1) is 9.15.